The number of halogens is 3. The number of hydrogen-bond donors (Lipinski definition) is 0. The molecular formula is C18H18F3N3. The van der Waals surface area contributed by atoms with Gasteiger partial charge in [-0.3, -0.25) is 0 Å². The van der Waals surface area contributed by atoms with Crippen LogP contribution in [0.2, 0.25) is 0 Å². The van der Waals surface area contributed by atoms with Gasteiger partial charge < -0.3 is 0 Å². The van der Waals surface area contributed by atoms with Gasteiger partial charge in [0, 0.05) is 11.6 Å². The average Bonchev–Trinajstić information content (AvgIpc) is 2.84. The maximum absolute atomic E-state index is 13.4. The van der Waals surface area contributed by atoms with Gasteiger partial charge >= 0.3 is 6.18 Å². The van der Waals surface area contributed by atoms with Gasteiger partial charge in [0.1, 0.15) is 0 Å². The van der Waals surface area contributed by atoms with Gasteiger partial charge in [-0.05, 0) is 24.0 Å². The molecule has 3 nitrogen and oxygen atoms in total. The number of aryl methyl sites for hydroxylation is 1. The molecule has 2 heterocycles. The summed E-state index contributed by atoms with van der Waals surface area (Å²) in [5.74, 6) is 0. The molecule has 0 N–H and O–H groups in total. The summed E-state index contributed by atoms with van der Waals surface area (Å²) in [4.78, 5) is 4.33. The van der Waals surface area contributed by atoms with Crippen LogP contribution in [0.3, 0.4) is 0 Å². The van der Waals surface area contributed by atoms with Gasteiger partial charge in [0.25, 0.3) is 0 Å². The standard InChI is InChI=1S/C18H18F3N3/c1-11-9-16-22-14(10-15(18(19,20)21)24(16)23-11)12-5-7-13(8-6-12)17(2,3)4/h5-10H,1-4H3. The van der Waals surface area contributed by atoms with Crippen LogP contribution in [0.4, 0.5) is 13.2 Å². The highest BCUT2D eigenvalue weighted by Crippen LogP contribution is 2.33. The van der Waals surface area contributed by atoms with Crippen LogP contribution in [0.15, 0.2) is 36.4 Å². The molecule has 0 atom stereocenters. The Kier molecular flexibility index (Phi) is 3.66. The molecular weight excluding hydrogens is 315 g/mol. The fourth-order valence-electron chi connectivity index (χ4n) is 2.58. The lowest BCUT2D eigenvalue weighted by Crippen LogP contribution is -2.14. The van der Waals surface area contributed by atoms with E-state index in [2.05, 4.69) is 30.9 Å². The van der Waals surface area contributed by atoms with Crippen LogP contribution in [-0.4, -0.2) is 14.6 Å². The maximum atomic E-state index is 13.4. The van der Waals surface area contributed by atoms with Gasteiger partial charge in [-0.1, -0.05) is 45.0 Å². The molecule has 0 saturated carbocycles. The molecule has 0 aliphatic carbocycles. The molecule has 0 saturated heterocycles. The molecule has 0 spiro atoms. The molecule has 0 bridgehead atoms. The van der Waals surface area contributed by atoms with E-state index in [1.807, 2.05) is 24.3 Å². The Hall–Kier alpha value is -2.37. The molecule has 0 aliphatic heterocycles. The SMILES string of the molecule is Cc1cc2nc(-c3ccc(C(C)(C)C)cc3)cc(C(F)(F)F)n2n1. The van der Waals surface area contributed by atoms with Crippen molar-refractivity contribution in [3.05, 3.63) is 53.3 Å². The summed E-state index contributed by atoms with van der Waals surface area (Å²) >= 11 is 0. The first-order valence-electron chi connectivity index (χ1n) is 7.61. The minimum absolute atomic E-state index is 0.0182. The molecule has 3 aromatic rings. The number of alkyl halides is 3. The highest BCUT2D eigenvalue weighted by molar-refractivity contribution is 5.63. The quantitative estimate of drug-likeness (QED) is 0.626. The molecule has 3 rings (SSSR count). The molecule has 0 aliphatic rings. The minimum atomic E-state index is -4.50. The predicted octanol–water partition coefficient (Wildman–Crippen LogP) is 5.02. The highest BCUT2D eigenvalue weighted by Gasteiger charge is 2.35. The van der Waals surface area contributed by atoms with E-state index in [1.54, 1.807) is 13.0 Å². The fraction of sp³-hybridized carbons (Fsp3) is 0.333. The molecule has 1 aromatic carbocycles. The van der Waals surface area contributed by atoms with Crippen molar-refractivity contribution in [3.63, 3.8) is 0 Å². The molecule has 24 heavy (non-hydrogen) atoms. The van der Waals surface area contributed by atoms with Crippen molar-refractivity contribution in [2.45, 2.75) is 39.3 Å². The van der Waals surface area contributed by atoms with Gasteiger partial charge in [0.2, 0.25) is 0 Å². The number of fused-ring (bicyclic) bond motifs is 1. The lowest BCUT2D eigenvalue weighted by Gasteiger charge is -2.19. The van der Waals surface area contributed by atoms with E-state index in [0.717, 1.165) is 16.1 Å². The second-order valence-electron chi connectivity index (χ2n) is 6.91. The first-order chi connectivity index (χ1) is 11.1. The largest absolute Gasteiger partial charge is 0.433 e. The van der Waals surface area contributed by atoms with Gasteiger partial charge in [0.05, 0.1) is 11.4 Å². The Labute approximate surface area is 138 Å². The summed E-state index contributed by atoms with van der Waals surface area (Å²) in [6.07, 6.45) is -4.50. The molecule has 126 valence electrons. The smallest absolute Gasteiger partial charge is 0.229 e. The Morgan fingerprint density at radius 2 is 1.58 bits per heavy atom. The topological polar surface area (TPSA) is 30.2 Å². The number of rotatable bonds is 1. The minimum Gasteiger partial charge on any atom is -0.229 e. The summed E-state index contributed by atoms with van der Waals surface area (Å²) < 4.78 is 40.9. The van der Waals surface area contributed by atoms with Gasteiger partial charge in [-0.25, -0.2) is 9.50 Å². The first-order valence-corrected chi connectivity index (χ1v) is 7.61. The zero-order chi connectivity index (χ0) is 17.7. The monoisotopic (exact) mass is 333 g/mol. The lowest BCUT2D eigenvalue weighted by molar-refractivity contribution is -0.142. The molecule has 0 amide bonds. The van der Waals surface area contributed by atoms with E-state index in [1.165, 1.54) is 0 Å². The zero-order valence-corrected chi connectivity index (χ0v) is 13.9. The van der Waals surface area contributed by atoms with Crippen LogP contribution in [-0.2, 0) is 11.6 Å². The van der Waals surface area contributed by atoms with Gasteiger partial charge in [-0.15, -0.1) is 0 Å². The number of nitrogens with zero attached hydrogens (tertiary/aromatic N) is 3. The predicted molar refractivity (Wildman–Crippen MR) is 86.9 cm³/mol. The van der Waals surface area contributed by atoms with Crippen molar-refractivity contribution >= 4 is 5.65 Å². The molecule has 0 radical (unpaired) electrons. The summed E-state index contributed by atoms with van der Waals surface area (Å²) in [7, 11) is 0. The summed E-state index contributed by atoms with van der Waals surface area (Å²) in [5.41, 5.74) is 1.89. The average molecular weight is 333 g/mol. The third kappa shape index (κ3) is 3.00. The fourth-order valence-corrected chi connectivity index (χ4v) is 2.58. The van der Waals surface area contributed by atoms with Crippen molar-refractivity contribution in [1.82, 2.24) is 14.6 Å². The Morgan fingerprint density at radius 3 is 2.12 bits per heavy atom. The van der Waals surface area contributed by atoms with Crippen molar-refractivity contribution in [1.29, 1.82) is 0 Å². The second-order valence-corrected chi connectivity index (χ2v) is 6.91. The zero-order valence-electron chi connectivity index (χ0n) is 13.9. The van der Waals surface area contributed by atoms with Crippen LogP contribution in [0.5, 0.6) is 0 Å². The van der Waals surface area contributed by atoms with Crippen molar-refractivity contribution in [2.24, 2.45) is 0 Å². The summed E-state index contributed by atoms with van der Waals surface area (Å²) in [6, 6.07) is 10.1. The van der Waals surface area contributed by atoms with E-state index in [9.17, 15) is 13.2 Å². The highest BCUT2D eigenvalue weighted by atomic mass is 19.4. The third-order valence-electron chi connectivity index (χ3n) is 3.89. The summed E-state index contributed by atoms with van der Waals surface area (Å²) in [6.45, 7) is 7.90. The molecule has 0 unspecified atom stereocenters. The van der Waals surface area contributed by atoms with Crippen molar-refractivity contribution in [2.75, 3.05) is 0 Å². The molecule has 2 aromatic heterocycles. The van der Waals surface area contributed by atoms with Crippen LogP contribution in [0.1, 0.15) is 37.7 Å². The van der Waals surface area contributed by atoms with Crippen LogP contribution in [0.25, 0.3) is 16.9 Å². The van der Waals surface area contributed by atoms with E-state index in [0.29, 0.717) is 11.3 Å². The van der Waals surface area contributed by atoms with Crippen LogP contribution >= 0.6 is 0 Å². The lowest BCUT2D eigenvalue weighted by atomic mass is 9.86. The van der Waals surface area contributed by atoms with Crippen molar-refractivity contribution < 1.29 is 13.2 Å². The second kappa shape index (κ2) is 5.33. The Bertz CT molecular complexity index is 885. The van der Waals surface area contributed by atoms with E-state index in [4.69, 9.17) is 0 Å². The molecule has 6 heteroatoms. The van der Waals surface area contributed by atoms with E-state index in [-0.39, 0.29) is 16.8 Å². The number of aromatic nitrogens is 3. The van der Waals surface area contributed by atoms with Crippen LogP contribution in [0, 0.1) is 6.92 Å². The van der Waals surface area contributed by atoms with E-state index >= 15 is 0 Å². The number of benzene rings is 1. The van der Waals surface area contributed by atoms with Crippen LogP contribution < -0.4 is 0 Å². The maximum Gasteiger partial charge on any atom is 0.433 e. The normalized spacial score (nSPS) is 12.8. The van der Waals surface area contributed by atoms with E-state index < -0.39 is 11.9 Å². The number of hydrogen-bond acceptors (Lipinski definition) is 2. The van der Waals surface area contributed by atoms with Crippen molar-refractivity contribution in [3.8, 4) is 11.3 Å². The summed E-state index contributed by atoms with van der Waals surface area (Å²) in [5, 5.41) is 3.89. The van der Waals surface area contributed by atoms with Gasteiger partial charge in [0.15, 0.2) is 11.3 Å². The first kappa shape index (κ1) is 16.5. The Balaban J connectivity index is 2.16. The molecule has 0 fully saturated rings. The third-order valence-corrected chi connectivity index (χ3v) is 3.89. The van der Waals surface area contributed by atoms with Gasteiger partial charge in [-0.2, -0.15) is 18.3 Å². The Morgan fingerprint density at radius 1 is 0.958 bits per heavy atom.